The molecule has 220 valence electrons. The van der Waals surface area contributed by atoms with Crippen LogP contribution in [0.15, 0.2) is 73.3 Å². The van der Waals surface area contributed by atoms with E-state index in [1.807, 2.05) is 50.2 Å². The Morgan fingerprint density at radius 3 is 2.44 bits per heavy atom. The molecule has 6 N–H and O–H groups in total. The van der Waals surface area contributed by atoms with Crippen molar-refractivity contribution in [1.29, 1.82) is 0 Å². The zero-order valence-corrected chi connectivity index (χ0v) is 23.8. The lowest BCUT2D eigenvalue weighted by Gasteiger charge is -2.27. The van der Waals surface area contributed by atoms with Gasteiger partial charge in [-0.2, -0.15) is 5.10 Å². The van der Waals surface area contributed by atoms with Crippen LogP contribution in [0.5, 0.6) is 5.75 Å². The number of piperidine rings is 1. The number of halogens is 1. The van der Waals surface area contributed by atoms with Gasteiger partial charge < -0.3 is 15.6 Å². The number of nitrogens with two attached hydrogens (primary N) is 2. The zero-order chi connectivity index (χ0) is 30.0. The number of H-pyrrole nitrogens is 1. The fraction of sp³-hybridized carbons (Fsp3) is 0.300. The molecule has 0 radical (unpaired) electrons. The molecule has 2 aromatic carbocycles. The van der Waals surface area contributed by atoms with Crippen LogP contribution in [-0.2, 0) is 11.3 Å². The van der Waals surface area contributed by atoms with E-state index in [9.17, 15) is 4.39 Å². The van der Waals surface area contributed by atoms with Gasteiger partial charge in [-0.1, -0.05) is 26.3 Å². The normalized spacial score (nSPS) is 12.7. The van der Waals surface area contributed by atoms with E-state index < -0.39 is 0 Å². The lowest BCUT2D eigenvalue weighted by atomic mass is 10.1. The van der Waals surface area contributed by atoms with Crippen LogP contribution < -0.4 is 21.3 Å². The fourth-order valence-corrected chi connectivity index (χ4v) is 4.30. The number of benzene rings is 2. The first kappa shape index (κ1) is 32.7. The summed E-state index contributed by atoms with van der Waals surface area (Å²) in [4.78, 5) is 14.7. The number of hydrogen-bond donors (Lipinski definition) is 4. The van der Waals surface area contributed by atoms with E-state index in [0.29, 0.717) is 17.9 Å². The molecule has 1 saturated heterocycles. The van der Waals surface area contributed by atoms with E-state index in [4.69, 9.17) is 26.2 Å². The Bertz CT molecular complexity index is 1340. The second-order valence-corrected chi connectivity index (χ2v) is 8.65. The molecule has 1 fully saturated rings. The number of carbonyl (C=O) groups is 1. The second kappa shape index (κ2) is 18.0. The summed E-state index contributed by atoms with van der Waals surface area (Å²) in [7, 11) is 1.59. The van der Waals surface area contributed by atoms with Crippen LogP contribution in [0.1, 0.15) is 38.7 Å². The molecule has 0 atom stereocenters. The lowest BCUT2D eigenvalue weighted by Crippen LogP contribution is -2.29. The van der Waals surface area contributed by atoms with Crippen LogP contribution >= 0.6 is 0 Å². The smallest absolute Gasteiger partial charge is 0.290 e. The summed E-state index contributed by atoms with van der Waals surface area (Å²) in [6, 6.07) is 14.7. The third-order valence-electron chi connectivity index (χ3n) is 6.17. The Morgan fingerprint density at radius 2 is 1.80 bits per heavy atom. The highest BCUT2D eigenvalue weighted by molar-refractivity contribution is 5.94. The average molecular weight is 566 g/mol. The van der Waals surface area contributed by atoms with Crippen molar-refractivity contribution in [1.82, 2.24) is 20.1 Å². The molecule has 0 spiro atoms. The topological polar surface area (TPSA) is 147 Å². The highest BCUT2D eigenvalue weighted by Crippen LogP contribution is 2.29. The van der Waals surface area contributed by atoms with Gasteiger partial charge in [-0.15, -0.1) is 0 Å². The molecule has 41 heavy (non-hydrogen) atoms. The molecule has 2 aromatic heterocycles. The number of likely N-dealkylation sites (tertiary alicyclic amines) is 1. The van der Waals surface area contributed by atoms with Gasteiger partial charge in [-0.3, -0.25) is 24.8 Å². The summed E-state index contributed by atoms with van der Waals surface area (Å²) in [5, 5.41) is 16.7. The number of pyridine rings is 1. The number of methoxy groups -OCH3 is 1. The largest absolute Gasteiger partial charge is 0.496 e. The number of hydrogen-bond acceptors (Lipinski definition) is 8. The molecule has 5 rings (SSSR count). The SMILES string of the molecule is CC.COc1cccc(F)c1CN1CCCCC1.N/C=C\N(N)c1ccc2[nH]nc(-c3ccncc3)c2c1.O=CO. The Balaban J connectivity index is 0.000000253. The Kier molecular flexibility index (Phi) is 14.4. The van der Waals surface area contributed by atoms with Crippen LogP contribution in [-0.4, -0.2) is 51.9 Å². The third kappa shape index (κ3) is 9.59. The van der Waals surface area contributed by atoms with Crippen LogP contribution in [0.4, 0.5) is 10.1 Å². The minimum absolute atomic E-state index is 0.162. The van der Waals surface area contributed by atoms with E-state index in [0.717, 1.165) is 40.9 Å². The first-order valence-corrected chi connectivity index (χ1v) is 13.4. The maximum Gasteiger partial charge on any atom is 0.290 e. The number of nitrogens with one attached hydrogen (secondary N) is 1. The van der Waals surface area contributed by atoms with Crippen LogP contribution in [0.2, 0.25) is 0 Å². The molecule has 0 bridgehead atoms. The molecule has 1 aliphatic heterocycles. The van der Waals surface area contributed by atoms with Crippen LogP contribution in [0.3, 0.4) is 0 Å². The molecular formula is C30H40FN7O3. The number of fused-ring (bicyclic) bond motifs is 1. The minimum atomic E-state index is -0.250. The van der Waals surface area contributed by atoms with Gasteiger partial charge in [-0.05, 0) is 68.4 Å². The van der Waals surface area contributed by atoms with Gasteiger partial charge in [0.05, 0.1) is 18.3 Å². The summed E-state index contributed by atoms with van der Waals surface area (Å²) in [5.74, 6) is 6.38. The number of aromatic amines is 1. The molecule has 0 aliphatic carbocycles. The fourth-order valence-electron chi connectivity index (χ4n) is 4.30. The van der Waals surface area contributed by atoms with E-state index in [-0.39, 0.29) is 12.3 Å². The Hall–Kier alpha value is -4.48. The minimum Gasteiger partial charge on any atom is -0.496 e. The van der Waals surface area contributed by atoms with Crippen molar-refractivity contribution in [2.45, 2.75) is 39.7 Å². The Morgan fingerprint density at radius 1 is 1.12 bits per heavy atom. The molecule has 0 unspecified atom stereocenters. The predicted molar refractivity (Wildman–Crippen MR) is 161 cm³/mol. The van der Waals surface area contributed by atoms with Crippen molar-refractivity contribution >= 4 is 23.1 Å². The maximum atomic E-state index is 13.7. The highest BCUT2D eigenvalue weighted by atomic mass is 19.1. The number of hydrazine groups is 1. The molecule has 11 heteroatoms. The van der Waals surface area contributed by atoms with Crippen molar-refractivity contribution < 1.29 is 19.0 Å². The van der Waals surface area contributed by atoms with Crippen molar-refractivity contribution in [3.8, 4) is 17.0 Å². The van der Waals surface area contributed by atoms with E-state index in [2.05, 4.69) is 20.1 Å². The quantitative estimate of drug-likeness (QED) is 0.139. The van der Waals surface area contributed by atoms with E-state index >= 15 is 0 Å². The van der Waals surface area contributed by atoms with Crippen molar-refractivity contribution in [2.75, 3.05) is 25.2 Å². The first-order valence-electron chi connectivity index (χ1n) is 13.4. The van der Waals surface area contributed by atoms with Crippen molar-refractivity contribution in [3.05, 3.63) is 84.7 Å². The van der Waals surface area contributed by atoms with Gasteiger partial charge in [0, 0.05) is 47.9 Å². The monoisotopic (exact) mass is 565 g/mol. The number of anilines is 1. The van der Waals surface area contributed by atoms with Gasteiger partial charge in [0.25, 0.3) is 6.47 Å². The summed E-state index contributed by atoms with van der Waals surface area (Å²) in [5.41, 5.74) is 9.69. The number of carboxylic acid groups (broad SMARTS) is 1. The number of aromatic nitrogens is 3. The van der Waals surface area contributed by atoms with Crippen molar-refractivity contribution in [2.24, 2.45) is 11.6 Å². The zero-order valence-electron chi connectivity index (χ0n) is 23.8. The molecule has 1 aliphatic rings. The van der Waals surface area contributed by atoms with Gasteiger partial charge in [0.1, 0.15) is 17.3 Å². The predicted octanol–water partition coefficient (Wildman–Crippen LogP) is 5.28. The van der Waals surface area contributed by atoms with Gasteiger partial charge in [-0.25, -0.2) is 10.2 Å². The number of rotatable bonds is 6. The average Bonchev–Trinajstić information content (AvgIpc) is 3.44. The highest BCUT2D eigenvalue weighted by Gasteiger charge is 2.16. The first-order chi connectivity index (χ1) is 20.0. The summed E-state index contributed by atoms with van der Waals surface area (Å²) >= 11 is 0. The molecule has 10 nitrogen and oxygen atoms in total. The maximum absolute atomic E-state index is 13.7. The summed E-state index contributed by atoms with van der Waals surface area (Å²) in [6.45, 7) is 6.55. The van der Waals surface area contributed by atoms with E-state index in [1.54, 1.807) is 31.8 Å². The molecule has 4 aromatic rings. The molecular weight excluding hydrogens is 525 g/mol. The summed E-state index contributed by atoms with van der Waals surface area (Å²) < 4.78 is 18.9. The number of ether oxygens (including phenoxy) is 1. The molecule has 3 heterocycles. The van der Waals surface area contributed by atoms with Crippen LogP contribution in [0.25, 0.3) is 22.2 Å². The lowest BCUT2D eigenvalue weighted by molar-refractivity contribution is -0.122. The van der Waals surface area contributed by atoms with Gasteiger partial charge in [0.15, 0.2) is 0 Å². The number of nitrogens with zero attached hydrogens (tertiary/aromatic N) is 4. The van der Waals surface area contributed by atoms with Crippen molar-refractivity contribution in [3.63, 3.8) is 0 Å². The van der Waals surface area contributed by atoms with Gasteiger partial charge in [0.2, 0.25) is 0 Å². The Labute approximate surface area is 240 Å². The van der Waals surface area contributed by atoms with Crippen LogP contribution in [0, 0.1) is 5.82 Å². The second-order valence-electron chi connectivity index (χ2n) is 8.65. The molecule has 0 amide bonds. The standard InChI is InChI=1S/C14H14N6.C13H18FNO.C2H6.CH2O2/c15-5-8-20(16)11-1-2-13-12(9-11)14(19-18-13)10-3-6-17-7-4-10;1-16-13-7-5-6-12(14)11(13)10-15-8-3-2-4-9-15;1-2;2-1-3/h1-9H,15-16H2,(H,18,19);5-7H,2-4,8-10H2,1H3;1-2H3;1H,(H,2,3)/b8-5-;;;. The summed E-state index contributed by atoms with van der Waals surface area (Å²) in [6.07, 6.45) is 10.2. The van der Waals surface area contributed by atoms with E-state index in [1.165, 1.54) is 36.5 Å². The van der Waals surface area contributed by atoms with Gasteiger partial charge >= 0.3 is 0 Å². The molecule has 0 saturated carbocycles. The third-order valence-corrected chi connectivity index (χ3v) is 6.17.